The summed E-state index contributed by atoms with van der Waals surface area (Å²) in [6.45, 7) is 3.89. The summed E-state index contributed by atoms with van der Waals surface area (Å²) in [6, 6.07) is 12.8. The molecule has 7 nitrogen and oxygen atoms in total. The smallest absolute Gasteiger partial charge is 0.338 e. The van der Waals surface area contributed by atoms with Crippen molar-refractivity contribution in [3.63, 3.8) is 0 Å². The zero-order valence-corrected chi connectivity index (χ0v) is 17.7. The van der Waals surface area contributed by atoms with E-state index < -0.39 is 28.0 Å². The molecule has 0 aliphatic heterocycles. The van der Waals surface area contributed by atoms with E-state index in [9.17, 15) is 18.0 Å². The predicted octanol–water partition coefficient (Wildman–Crippen LogP) is 2.89. The van der Waals surface area contributed by atoms with Gasteiger partial charge in [0.25, 0.3) is 5.91 Å². The van der Waals surface area contributed by atoms with Crippen molar-refractivity contribution >= 4 is 33.5 Å². The molecular weight excluding hydrogens is 416 g/mol. The zero-order valence-electron chi connectivity index (χ0n) is 16.1. The summed E-state index contributed by atoms with van der Waals surface area (Å²) in [5.41, 5.74) is 0.749. The lowest BCUT2D eigenvalue weighted by Gasteiger charge is -2.14. The topological polar surface area (TPSA) is 102 Å². The number of ether oxygens (including phenoxy) is 1. The first-order valence-corrected chi connectivity index (χ1v) is 10.9. The Balaban J connectivity index is 2.13. The molecule has 2 aromatic rings. The average Bonchev–Trinajstić information content (AvgIpc) is 2.71. The standard InChI is InChI=1S/C20H23ClN2O5S/c1-3-11-22-19(24)14(2)28-20(25)16-9-10-17(21)18(12-16)29(26,27)23-13-15-7-5-4-6-8-15/h4-10,12,14,23H,3,11,13H2,1-2H3,(H,22,24). The van der Waals surface area contributed by atoms with Crippen LogP contribution in [0.4, 0.5) is 0 Å². The number of sulfonamides is 1. The summed E-state index contributed by atoms with van der Waals surface area (Å²) in [7, 11) is -3.97. The lowest BCUT2D eigenvalue weighted by Crippen LogP contribution is -2.36. The van der Waals surface area contributed by atoms with Crippen LogP contribution in [0.1, 0.15) is 36.2 Å². The minimum absolute atomic E-state index is 0.0235. The maximum absolute atomic E-state index is 12.6. The molecule has 1 amide bonds. The molecule has 9 heteroatoms. The Morgan fingerprint density at radius 1 is 1.14 bits per heavy atom. The number of rotatable bonds is 9. The fraction of sp³-hybridized carbons (Fsp3) is 0.300. The molecule has 2 N–H and O–H groups in total. The third-order valence-electron chi connectivity index (χ3n) is 3.97. The molecule has 29 heavy (non-hydrogen) atoms. The molecule has 0 bridgehead atoms. The minimum Gasteiger partial charge on any atom is -0.449 e. The van der Waals surface area contributed by atoms with E-state index in [4.69, 9.17) is 16.3 Å². The molecule has 0 aromatic heterocycles. The molecule has 1 unspecified atom stereocenters. The Morgan fingerprint density at radius 3 is 2.48 bits per heavy atom. The van der Waals surface area contributed by atoms with Crippen LogP contribution in [0.2, 0.25) is 5.02 Å². The monoisotopic (exact) mass is 438 g/mol. The van der Waals surface area contributed by atoms with E-state index in [1.54, 1.807) is 24.3 Å². The maximum Gasteiger partial charge on any atom is 0.338 e. The van der Waals surface area contributed by atoms with Gasteiger partial charge in [0, 0.05) is 13.1 Å². The number of hydrogen-bond donors (Lipinski definition) is 2. The second-order valence-electron chi connectivity index (χ2n) is 6.29. The summed E-state index contributed by atoms with van der Waals surface area (Å²) in [4.78, 5) is 24.0. The number of carbonyl (C=O) groups is 2. The van der Waals surface area contributed by atoms with E-state index in [2.05, 4.69) is 10.0 Å². The quantitative estimate of drug-likeness (QED) is 0.586. The first kappa shape index (κ1) is 22.9. The Kier molecular flexibility index (Phi) is 8.19. The molecule has 0 fully saturated rings. The van der Waals surface area contributed by atoms with Crippen LogP contribution in [0.3, 0.4) is 0 Å². The van der Waals surface area contributed by atoms with Gasteiger partial charge in [-0.15, -0.1) is 0 Å². The lowest BCUT2D eigenvalue weighted by atomic mass is 10.2. The van der Waals surface area contributed by atoms with Gasteiger partial charge in [-0.05, 0) is 37.1 Å². The predicted molar refractivity (Wildman–Crippen MR) is 110 cm³/mol. The van der Waals surface area contributed by atoms with Gasteiger partial charge in [0.1, 0.15) is 4.90 Å². The highest BCUT2D eigenvalue weighted by Crippen LogP contribution is 2.23. The maximum atomic E-state index is 12.6. The molecule has 2 aromatic carbocycles. The van der Waals surface area contributed by atoms with Crippen LogP contribution in [0.15, 0.2) is 53.4 Å². The molecule has 0 saturated carbocycles. The molecule has 2 rings (SSSR count). The summed E-state index contributed by atoms with van der Waals surface area (Å²) in [5.74, 6) is -1.24. The fourth-order valence-corrected chi connectivity index (χ4v) is 3.90. The van der Waals surface area contributed by atoms with Crippen LogP contribution >= 0.6 is 11.6 Å². The molecule has 0 saturated heterocycles. The van der Waals surface area contributed by atoms with Crippen molar-refractivity contribution < 1.29 is 22.7 Å². The van der Waals surface area contributed by atoms with E-state index in [1.165, 1.54) is 19.1 Å². The molecule has 0 spiro atoms. The number of halogens is 1. The summed E-state index contributed by atoms with van der Waals surface area (Å²) in [6.07, 6.45) is -0.262. The van der Waals surface area contributed by atoms with Crippen molar-refractivity contribution in [2.75, 3.05) is 6.54 Å². The number of nitrogens with one attached hydrogen (secondary N) is 2. The second-order valence-corrected chi connectivity index (χ2v) is 8.44. The average molecular weight is 439 g/mol. The third-order valence-corrected chi connectivity index (χ3v) is 5.85. The summed E-state index contributed by atoms with van der Waals surface area (Å²) < 4.78 is 32.9. The minimum atomic E-state index is -3.97. The van der Waals surface area contributed by atoms with Gasteiger partial charge in [0.15, 0.2) is 6.10 Å². The fourth-order valence-electron chi connectivity index (χ4n) is 2.36. The normalized spacial score (nSPS) is 12.2. The molecule has 0 aliphatic carbocycles. The highest BCUT2D eigenvalue weighted by atomic mass is 35.5. The zero-order chi connectivity index (χ0) is 21.4. The number of benzene rings is 2. The Morgan fingerprint density at radius 2 is 1.83 bits per heavy atom. The molecule has 156 valence electrons. The highest BCUT2D eigenvalue weighted by molar-refractivity contribution is 7.89. The SMILES string of the molecule is CCCNC(=O)C(C)OC(=O)c1ccc(Cl)c(S(=O)(=O)NCc2ccccc2)c1. The van der Waals surface area contributed by atoms with Gasteiger partial charge in [0.2, 0.25) is 10.0 Å². The Hall–Kier alpha value is -2.42. The molecular formula is C20H23ClN2O5S. The molecule has 0 heterocycles. The van der Waals surface area contributed by atoms with Gasteiger partial charge < -0.3 is 10.1 Å². The van der Waals surface area contributed by atoms with Gasteiger partial charge >= 0.3 is 5.97 Å². The number of hydrogen-bond acceptors (Lipinski definition) is 5. The number of carbonyl (C=O) groups excluding carboxylic acids is 2. The lowest BCUT2D eigenvalue weighted by molar-refractivity contribution is -0.129. The van der Waals surface area contributed by atoms with Crippen molar-refractivity contribution in [3.8, 4) is 0 Å². The van der Waals surface area contributed by atoms with Gasteiger partial charge in [-0.3, -0.25) is 4.79 Å². The van der Waals surface area contributed by atoms with E-state index in [0.717, 1.165) is 18.1 Å². The van der Waals surface area contributed by atoms with Crippen molar-refractivity contribution in [1.29, 1.82) is 0 Å². The van der Waals surface area contributed by atoms with Crippen LogP contribution in [-0.2, 0) is 26.1 Å². The number of esters is 1. The Bertz CT molecular complexity index is 964. The largest absolute Gasteiger partial charge is 0.449 e. The molecule has 0 aliphatic rings. The van der Waals surface area contributed by atoms with Crippen LogP contribution in [0.25, 0.3) is 0 Å². The van der Waals surface area contributed by atoms with Gasteiger partial charge in [-0.2, -0.15) is 0 Å². The number of amides is 1. The molecule has 0 radical (unpaired) electrons. The van der Waals surface area contributed by atoms with Gasteiger partial charge in [0.05, 0.1) is 10.6 Å². The third kappa shape index (κ3) is 6.56. The van der Waals surface area contributed by atoms with Crippen LogP contribution in [0, 0.1) is 0 Å². The summed E-state index contributed by atoms with van der Waals surface area (Å²) >= 11 is 6.05. The highest BCUT2D eigenvalue weighted by Gasteiger charge is 2.23. The van der Waals surface area contributed by atoms with Crippen LogP contribution in [-0.4, -0.2) is 32.9 Å². The van der Waals surface area contributed by atoms with Gasteiger partial charge in [-0.1, -0.05) is 48.9 Å². The van der Waals surface area contributed by atoms with Crippen molar-refractivity contribution in [3.05, 3.63) is 64.7 Å². The van der Waals surface area contributed by atoms with E-state index in [0.29, 0.717) is 6.54 Å². The first-order chi connectivity index (χ1) is 13.7. The van der Waals surface area contributed by atoms with E-state index in [1.807, 2.05) is 13.0 Å². The Labute approximate surface area is 175 Å². The van der Waals surface area contributed by atoms with Gasteiger partial charge in [-0.25, -0.2) is 17.9 Å². The van der Waals surface area contributed by atoms with E-state index in [-0.39, 0.29) is 22.0 Å². The first-order valence-electron chi connectivity index (χ1n) is 9.06. The summed E-state index contributed by atoms with van der Waals surface area (Å²) in [5, 5.41) is 2.59. The van der Waals surface area contributed by atoms with E-state index >= 15 is 0 Å². The van der Waals surface area contributed by atoms with Crippen LogP contribution in [0.5, 0.6) is 0 Å². The van der Waals surface area contributed by atoms with Crippen molar-refractivity contribution in [1.82, 2.24) is 10.0 Å². The molecule has 1 atom stereocenters. The second kappa shape index (κ2) is 10.4. The van der Waals surface area contributed by atoms with Crippen LogP contribution < -0.4 is 10.0 Å². The van der Waals surface area contributed by atoms with Crippen molar-refractivity contribution in [2.24, 2.45) is 0 Å². The van der Waals surface area contributed by atoms with Crippen molar-refractivity contribution in [2.45, 2.75) is 37.8 Å².